The number of para-hydroxylation sites is 1. The fourth-order valence-corrected chi connectivity index (χ4v) is 1.70. The Morgan fingerprint density at radius 2 is 2.05 bits per heavy atom. The Labute approximate surface area is 114 Å². The minimum absolute atomic E-state index is 0.174. The van der Waals surface area contributed by atoms with Crippen LogP contribution < -0.4 is 14.8 Å². The molecule has 1 aromatic carbocycles. The van der Waals surface area contributed by atoms with Gasteiger partial charge in [0.2, 0.25) is 0 Å². The first-order chi connectivity index (χ1) is 9.22. The molecule has 0 heterocycles. The van der Waals surface area contributed by atoms with E-state index in [9.17, 15) is 5.11 Å². The molecule has 5 nitrogen and oxygen atoms in total. The first-order valence-electron chi connectivity index (χ1n) is 6.39. The van der Waals surface area contributed by atoms with Crippen molar-refractivity contribution in [2.24, 2.45) is 0 Å². The molecule has 0 bridgehead atoms. The van der Waals surface area contributed by atoms with Crippen molar-refractivity contribution in [1.82, 2.24) is 5.32 Å². The third kappa shape index (κ3) is 5.06. The van der Waals surface area contributed by atoms with Crippen LogP contribution in [-0.2, 0) is 11.3 Å². The van der Waals surface area contributed by atoms with Gasteiger partial charge in [-0.15, -0.1) is 0 Å². The summed E-state index contributed by atoms with van der Waals surface area (Å²) in [6.07, 6.45) is -0.651. The highest BCUT2D eigenvalue weighted by molar-refractivity contribution is 5.46. The number of methoxy groups -OCH3 is 2. The summed E-state index contributed by atoms with van der Waals surface area (Å²) in [5.41, 5.74) is 1.01. The fourth-order valence-electron chi connectivity index (χ4n) is 1.70. The van der Waals surface area contributed by atoms with Crippen molar-refractivity contribution in [2.45, 2.75) is 19.6 Å². The lowest BCUT2D eigenvalue weighted by molar-refractivity contribution is 0.0316. The van der Waals surface area contributed by atoms with Crippen LogP contribution in [0.25, 0.3) is 0 Å². The van der Waals surface area contributed by atoms with Gasteiger partial charge in [-0.25, -0.2) is 0 Å². The van der Waals surface area contributed by atoms with Gasteiger partial charge in [0.25, 0.3) is 0 Å². The number of aliphatic hydroxyl groups excluding tert-OH is 1. The van der Waals surface area contributed by atoms with Crippen LogP contribution in [0.2, 0.25) is 0 Å². The van der Waals surface area contributed by atoms with Crippen molar-refractivity contribution in [3.8, 4) is 11.5 Å². The van der Waals surface area contributed by atoms with E-state index in [0.717, 1.165) is 12.1 Å². The van der Waals surface area contributed by atoms with Gasteiger partial charge in [0.1, 0.15) is 12.7 Å². The van der Waals surface area contributed by atoms with Crippen LogP contribution in [0.4, 0.5) is 0 Å². The van der Waals surface area contributed by atoms with Crippen molar-refractivity contribution >= 4 is 0 Å². The predicted molar refractivity (Wildman–Crippen MR) is 73.8 cm³/mol. The smallest absolute Gasteiger partial charge is 0.165 e. The number of hydrogen-bond acceptors (Lipinski definition) is 5. The highest BCUT2D eigenvalue weighted by Gasteiger charge is 2.12. The highest BCUT2D eigenvalue weighted by atomic mass is 16.5. The largest absolute Gasteiger partial charge is 0.493 e. The fraction of sp³-hybridized carbons (Fsp3) is 0.571. The lowest BCUT2D eigenvalue weighted by Gasteiger charge is -2.17. The molecule has 108 valence electrons. The summed E-state index contributed by atoms with van der Waals surface area (Å²) in [6, 6.07) is 5.74. The second-order valence-corrected chi connectivity index (χ2v) is 4.15. The molecule has 19 heavy (non-hydrogen) atoms. The number of hydrogen-bond donors (Lipinski definition) is 2. The van der Waals surface area contributed by atoms with Gasteiger partial charge >= 0.3 is 0 Å². The molecule has 0 aliphatic rings. The molecule has 0 aromatic heterocycles. The van der Waals surface area contributed by atoms with Gasteiger partial charge < -0.3 is 24.6 Å². The summed E-state index contributed by atoms with van der Waals surface area (Å²) in [4.78, 5) is 0. The lowest BCUT2D eigenvalue weighted by Crippen LogP contribution is -2.23. The molecule has 0 aliphatic carbocycles. The summed E-state index contributed by atoms with van der Waals surface area (Å²) in [6.45, 7) is 4.04. The van der Waals surface area contributed by atoms with E-state index >= 15 is 0 Å². The van der Waals surface area contributed by atoms with E-state index in [2.05, 4.69) is 5.32 Å². The van der Waals surface area contributed by atoms with Gasteiger partial charge in [-0.2, -0.15) is 0 Å². The van der Waals surface area contributed by atoms with Crippen molar-refractivity contribution in [2.75, 3.05) is 34.0 Å². The predicted octanol–water partition coefficient (Wildman–Crippen LogP) is 1.19. The average molecular weight is 269 g/mol. The van der Waals surface area contributed by atoms with E-state index < -0.39 is 6.10 Å². The van der Waals surface area contributed by atoms with Crippen molar-refractivity contribution in [1.29, 1.82) is 0 Å². The van der Waals surface area contributed by atoms with Gasteiger partial charge in [0.15, 0.2) is 11.5 Å². The molecule has 0 aliphatic heterocycles. The lowest BCUT2D eigenvalue weighted by atomic mass is 10.2. The zero-order valence-electron chi connectivity index (χ0n) is 11.8. The Morgan fingerprint density at radius 3 is 2.68 bits per heavy atom. The van der Waals surface area contributed by atoms with E-state index in [-0.39, 0.29) is 13.2 Å². The Balaban J connectivity index is 2.76. The van der Waals surface area contributed by atoms with Crippen LogP contribution in [0.5, 0.6) is 11.5 Å². The number of benzene rings is 1. The minimum atomic E-state index is -0.651. The van der Waals surface area contributed by atoms with E-state index in [0.29, 0.717) is 18.0 Å². The van der Waals surface area contributed by atoms with Gasteiger partial charge in [-0.1, -0.05) is 19.1 Å². The van der Waals surface area contributed by atoms with Crippen molar-refractivity contribution in [3.05, 3.63) is 23.8 Å². The normalized spacial score (nSPS) is 12.2. The van der Waals surface area contributed by atoms with Gasteiger partial charge in [0, 0.05) is 19.2 Å². The van der Waals surface area contributed by atoms with Gasteiger partial charge in [0.05, 0.1) is 13.7 Å². The quantitative estimate of drug-likeness (QED) is 0.705. The third-order valence-corrected chi connectivity index (χ3v) is 2.62. The standard InChI is InChI=1S/C14H23NO4/c1-4-15-8-11-6-5-7-13(18-3)14(11)19-10-12(16)9-17-2/h5-7,12,15-16H,4,8-10H2,1-3H3. The molecule has 0 amide bonds. The molecule has 0 spiro atoms. The van der Waals surface area contributed by atoms with Crippen LogP contribution in [-0.4, -0.2) is 45.2 Å². The van der Waals surface area contributed by atoms with Crippen LogP contribution in [0.3, 0.4) is 0 Å². The van der Waals surface area contributed by atoms with Gasteiger partial charge in [-0.05, 0) is 12.6 Å². The zero-order valence-corrected chi connectivity index (χ0v) is 11.8. The van der Waals surface area contributed by atoms with E-state index in [1.807, 2.05) is 25.1 Å². The molecule has 0 fully saturated rings. The summed E-state index contributed by atoms with van der Waals surface area (Å²) >= 11 is 0. The van der Waals surface area contributed by atoms with Crippen LogP contribution in [0.15, 0.2) is 18.2 Å². The summed E-state index contributed by atoms with van der Waals surface area (Å²) in [5.74, 6) is 1.33. The molecule has 0 saturated carbocycles. The van der Waals surface area contributed by atoms with E-state index in [4.69, 9.17) is 14.2 Å². The summed E-state index contributed by atoms with van der Waals surface area (Å²) in [7, 11) is 3.15. The van der Waals surface area contributed by atoms with E-state index in [1.54, 1.807) is 14.2 Å². The topological polar surface area (TPSA) is 60.0 Å². The number of ether oxygens (including phenoxy) is 3. The minimum Gasteiger partial charge on any atom is -0.493 e. The van der Waals surface area contributed by atoms with Crippen molar-refractivity contribution in [3.63, 3.8) is 0 Å². The molecule has 2 N–H and O–H groups in total. The highest BCUT2D eigenvalue weighted by Crippen LogP contribution is 2.31. The zero-order chi connectivity index (χ0) is 14.1. The Morgan fingerprint density at radius 1 is 1.26 bits per heavy atom. The Kier molecular flexibility index (Phi) is 7.25. The van der Waals surface area contributed by atoms with Crippen LogP contribution >= 0.6 is 0 Å². The van der Waals surface area contributed by atoms with Crippen LogP contribution in [0.1, 0.15) is 12.5 Å². The SMILES string of the molecule is CCNCc1cccc(OC)c1OCC(O)COC. The van der Waals surface area contributed by atoms with E-state index in [1.165, 1.54) is 0 Å². The number of nitrogens with one attached hydrogen (secondary N) is 1. The molecule has 5 heteroatoms. The molecule has 1 rings (SSSR count). The third-order valence-electron chi connectivity index (χ3n) is 2.62. The molecule has 1 atom stereocenters. The number of aliphatic hydroxyl groups is 1. The molecule has 1 unspecified atom stereocenters. The average Bonchev–Trinajstić information content (AvgIpc) is 2.43. The van der Waals surface area contributed by atoms with Crippen molar-refractivity contribution < 1.29 is 19.3 Å². The molecular weight excluding hydrogens is 246 g/mol. The maximum Gasteiger partial charge on any atom is 0.165 e. The first-order valence-corrected chi connectivity index (χ1v) is 6.39. The monoisotopic (exact) mass is 269 g/mol. The van der Waals surface area contributed by atoms with Crippen LogP contribution in [0, 0.1) is 0 Å². The maximum absolute atomic E-state index is 9.63. The second-order valence-electron chi connectivity index (χ2n) is 4.15. The number of rotatable bonds is 9. The van der Waals surface area contributed by atoms with Gasteiger partial charge in [-0.3, -0.25) is 0 Å². The molecule has 0 saturated heterocycles. The summed E-state index contributed by atoms with van der Waals surface area (Å²) < 4.78 is 15.8. The maximum atomic E-state index is 9.63. The summed E-state index contributed by atoms with van der Waals surface area (Å²) in [5, 5.41) is 12.9. The first kappa shape index (κ1) is 15.8. The molecule has 1 aromatic rings. The molecular formula is C14H23NO4. The Bertz CT molecular complexity index is 370. The molecule has 0 radical (unpaired) electrons. The second kappa shape index (κ2) is 8.74. The Hall–Kier alpha value is -1.30.